The molecule has 0 aliphatic rings. The molecule has 0 amide bonds. The van der Waals surface area contributed by atoms with Gasteiger partial charge < -0.3 is 35.1 Å². The van der Waals surface area contributed by atoms with Crippen molar-refractivity contribution in [1.82, 2.24) is 19.8 Å². The van der Waals surface area contributed by atoms with E-state index < -0.39 is 7.81 Å². The zero-order valence-corrected chi connectivity index (χ0v) is 24.4. The number of amidine groups is 2. The van der Waals surface area contributed by atoms with Crippen molar-refractivity contribution in [3.63, 3.8) is 0 Å². The van der Waals surface area contributed by atoms with E-state index in [1.165, 1.54) is 0 Å². The van der Waals surface area contributed by atoms with Gasteiger partial charge in [0.15, 0.2) is 0 Å². The van der Waals surface area contributed by atoms with Crippen molar-refractivity contribution >= 4 is 75.6 Å². The molecule has 0 N–H and O–H groups in total. The van der Waals surface area contributed by atoms with Gasteiger partial charge in [0.2, 0.25) is 0 Å². The molecule has 0 aliphatic carbocycles. The molecule has 0 unspecified atom stereocenters. The molecular weight excluding hydrogens is 607 g/mol. The number of halogens is 6. The first-order valence-corrected chi connectivity index (χ1v) is 12.0. The van der Waals surface area contributed by atoms with E-state index in [-0.39, 0.29) is 19.8 Å². The zero-order valence-electron chi connectivity index (χ0n) is 19.5. The molecule has 0 spiro atoms. The van der Waals surface area contributed by atoms with Gasteiger partial charge in [-0.1, -0.05) is 12.1 Å². The van der Waals surface area contributed by atoms with Crippen molar-refractivity contribution in [3.8, 4) is 0 Å². The normalized spacial score (nSPS) is 13.8. The Balaban J connectivity index is 0. The van der Waals surface area contributed by atoms with Crippen molar-refractivity contribution in [3.05, 3.63) is 60.2 Å². The Morgan fingerprint density at radius 3 is 1.25 bits per heavy atom. The Kier molecular flexibility index (Phi) is 15.0. The molecule has 8 nitrogen and oxygen atoms in total. The van der Waals surface area contributed by atoms with Gasteiger partial charge in [0, 0.05) is 50.9 Å². The molecular formula is C18H22F6GaN8PS2. The number of nitrogens with zero attached hydrogens (tertiary/aromatic N) is 8. The smallest absolute Gasteiger partial charge is 3.00 e. The van der Waals surface area contributed by atoms with Gasteiger partial charge in [-0.2, -0.15) is 20.4 Å². The minimum absolute atomic E-state index is 0. The molecule has 0 saturated heterocycles. The van der Waals surface area contributed by atoms with Crippen LogP contribution in [-0.4, -0.2) is 90.5 Å². The van der Waals surface area contributed by atoms with Gasteiger partial charge in [-0.3, -0.25) is 9.97 Å². The van der Waals surface area contributed by atoms with Crippen molar-refractivity contribution in [1.29, 1.82) is 0 Å². The number of hydrogen-bond acceptors (Lipinski definition) is 8. The van der Waals surface area contributed by atoms with Crippen molar-refractivity contribution in [2.75, 3.05) is 28.2 Å². The second kappa shape index (κ2) is 15.0. The van der Waals surface area contributed by atoms with Crippen LogP contribution in [0.2, 0.25) is 0 Å². The van der Waals surface area contributed by atoms with Crippen LogP contribution in [0.5, 0.6) is 0 Å². The Bertz CT molecular complexity index is 942. The van der Waals surface area contributed by atoms with Gasteiger partial charge in [0.25, 0.3) is 0 Å². The van der Waals surface area contributed by atoms with Crippen LogP contribution >= 0.6 is 7.81 Å². The maximum atomic E-state index is 9.87. The standard InChI is InChI=1S/2C9H12N4S.F6P.Ga/c2*1-13(2)9(14)12-11-7-8-5-3-4-6-10-8;1-7(2,3,4,5)6;/h2*3-7H,1-2H3,(H,12,14);;/q;;-1;+3/p-2/b2*11-7+;;. The summed E-state index contributed by atoms with van der Waals surface area (Å²) in [4.78, 5) is 11.5. The average molecular weight is 629 g/mol. The topological polar surface area (TPSA) is 81.7 Å². The van der Waals surface area contributed by atoms with E-state index in [9.17, 15) is 25.2 Å². The molecule has 2 aromatic rings. The largest absolute Gasteiger partial charge is 3.00 e. The number of hydrogen-bond donors (Lipinski definition) is 0. The summed E-state index contributed by atoms with van der Waals surface area (Å²) in [5.74, 6) is 0. The summed E-state index contributed by atoms with van der Waals surface area (Å²) in [6, 6.07) is 11.2. The summed E-state index contributed by atoms with van der Waals surface area (Å²) in [7, 11) is -3.37. The molecule has 2 heterocycles. The van der Waals surface area contributed by atoms with Gasteiger partial charge in [0.1, 0.15) is 0 Å². The molecule has 18 heteroatoms. The third-order valence-electron chi connectivity index (χ3n) is 2.81. The second-order valence-corrected chi connectivity index (χ2v) is 9.16. The summed E-state index contributed by atoms with van der Waals surface area (Å²) in [5.41, 5.74) is 1.52. The van der Waals surface area contributed by atoms with E-state index >= 15 is 0 Å². The van der Waals surface area contributed by atoms with Crippen LogP contribution in [0.1, 0.15) is 11.4 Å². The third kappa shape index (κ3) is 26.3. The van der Waals surface area contributed by atoms with Gasteiger partial charge in [0.05, 0.1) is 23.8 Å². The van der Waals surface area contributed by atoms with Gasteiger partial charge in [-0.25, -0.2) is 0 Å². The minimum Gasteiger partial charge on any atom is 3.00 e. The molecule has 0 fully saturated rings. The molecule has 0 bridgehead atoms. The molecule has 0 aliphatic heterocycles. The summed E-state index contributed by atoms with van der Waals surface area (Å²) >= 11 is 9.84. The van der Waals surface area contributed by atoms with E-state index in [0.717, 1.165) is 11.4 Å². The first-order chi connectivity index (χ1) is 15.8. The Hall–Kier alpha value is -2.33. The quantitative estimate of drug-likeness (QED) is 0.0924. The third-order valence-corrected chi connectivity index (χ3v) is 3.70. The Morgan fingerprint density at radius 2 is 1.03 bits per heavy atom. The van der Waals surface area contributed by atoms with E-state index in [1.54, 1.807) is 34.6 Å². The van der Waals surface area contributed by atoms with Crippen LogP contribution in [-0.2, 0) is 25.3 Å². The van der Waals surface area contributed by atoms with Gasteiger partial charge in [-0.15, -0.1) is 0 Å². The van der Waals surface area contributed by atoms with Crippen LogP contribution < -0.4 is 0 Å². The average Bonchev–Trinajstić information content (AvgIpc) is 2.73. The number of rotatable bonds is 4. The monoisotopic (exact) mass is 628 g/mol. The summed E-state index contributed by atoms with van der Waals surface area (Å²) in [6.45, 7) is 0. The first kappa shape index (κ1) is 35.8. The zero-order chi connectivity index (χ0) is 27.2. The SMILES string of the molecule is CN(C)/C([S-])=N/N=C/c1ccccn1.CN(C)/C([S-])=N/N=C/c1ccccn1.F[P-](F)(F)(F)(F)F.[Ga+3]. The molecule has 36 heavy (non-hydrogen) atoms. The Morgan fingerprint density at radius 1 is 0.722 bits per heavy atom. The van der Waals surface area contributed by atoms with Gasteiger partial charge >= 0.3 is 52.8 Å². The predicted octanol–water partition coefficient (Wildman–Crippen LogP) is 4.76. The minimum atomic E-state index is -10.7. The second-order valence-electron chi connectivity index (χ2n) is 6.51. The molecule has 2 rings (SSSR count). The van der Waals surface area contributed by atoms with Crippen molar-refractivity contribution in [2.24, 2.45) is 20.4 Å². The summed E-state index contributed by atoms with van der Waals surface area (Å²) in [6.07, 6.45) is 6.53. The van der Waals surface area contributed by atoms with Crippen molar-refractivity contribution in [2.45, 2.75) is 0 Å². The Labute approximate surface area is 228 Å². The summed E-state index contributed by atoms with van der Waals surface area (Å²) in [5, 5.41) is 16.1. The van der Waals surface area contributed by atoms with E-state index in [2.05, 4.69) is 30.4 Å². The summed E-state index contributed by atoms with van der Waals surface area (Å²) < 4.78 is 59.2. The maximum absolute atomic E-state index is 10.7. The molecule has 0 radical (unpaired) electrons. The first-order valence-electron chi connectivity index (χ1n) is 9.14. The van der Waals surface area contributed by atoms with Crippen LogP contribution in [0.25, 0.3) is 0 Å². The van der Waals surface area contributed by atoms with E-state index in [0.29, 0.717) is 10.3 Å². The fraction of sp³-hybridized carbons (Fsp3) is 0.222. The number of aromatic nitrogens is 2. The van der Waals surface area contributed by atoms with E-state index in [4.69, 9.17) is 25.3 Å². The molecule has 2 aromatic heterocycles. The maximum Gasteiger partial charge on any atom is 3.00 e. The van der Waals surface area contributed by atoms with Crippen LogP contribution in [0, 0.1) is 0 Å². The fourth-order valence-corrected chi connectivity index (χ4v) is 1.45. The molecule has 0 aromatic carbocycles. The van der Waals surface area contributed by atoms with Gasteiger partial charge in [-0.05, 0) is 24.3 Å². The number of pyridine rings is 2. The van der Waals surface area contributed by atoms with Crippen LogP contribution in [0.4, 0.5) is 25.2 Å². The fourth-order valence-electron chi connectivity index (χ4n) is 1.36. The van der Waals surface area contributed by atoms with Crippen LogP contribution in [0.3, 0.4) is 0 Å². The van der Waals surface area contributed by atoms with Crippen LogP contribution in [0.15, 0.2) is 69.2 Å². The molecule has 196 valence electrons. The van der Waals surface area contributed by atoms with Crippen molar-refractivity contribution < 1.29 is 25.2 Å². The molecule has 0 atom stereocenters. The predicted molar refractivity (Wildman–Crippen MR) is 140 cm³/mol. The van der Waals surface area contributed by atoms with E-state index in [1.807, 2.05) is 64.6 Å². The molecule has 0 saturated carbocycles.